The van der Waals surface area contributed by atoms with Gasteiger partial charge in [0.25, 0.3) is 0 Å². The maximum Gasteiger partial charge on any atom is 0.211 e. The smallest absolute Gasteiger partial charge is 0.211 e. The van der Waals surface area contributed by atoms with Crippen molar-refractivity contribution in [2.75, 3.05) is 12.9 Å². The number of fused-ring (bicyclic) bond motifs is 3. The van der Waals surface area contributed by atoms with Gasteiger partial charge in [-0.1, -0.05) is 30.0 Å². The normalized spacial score (nSPS) is 11.2. The van der Waals surface area contributed by atoms with E-state index in [1.165, 1.54) is 31.0 Å². The highest BCUT2D eigenvalue weighted by Crippen LogP contribution is 2.27. The second-order valence-corrected chi connectivity index (χ2v) is 7.03. The third kappa shape index (κ3) is 3.20. The molecule has 0 atom stereocenters. The molecule has 28 heavy (non-hydrogen) atoms. The van der Waals surface area contributed by atoms with Gasteiger partial charge in [0.2, 0.25) is 5.16 Å². The zero-order chi connectivity index (χ0) is 19.7. The summed E-state index contributed by atoms with van der Waals surface area (Å²) in [4.78, 5) is 17.0. The molecule has 0 aliphatic rings. The highest BCUT2D eigenvalue weighted by molar-refractivity contribution is 7.99. The molecule has 0 saturated heterocycles. The standard InChI is InChI=1S/C20H17FN4O2S/c1-3-25-15-7-5-4-6-13(15)18-19(25)22-20(24-23-18)28-11-16(26)12-8-9-17(27-2)14(21)10-12/h4-10H,3,11H2,1-2H3. The molecule has 0 saturated carbocycles. The quantitative estimate of drug-likeness (QED) is 0.361. The van der Waals surface area contributed by atoms with Crippen LogP contribution in [0.5, 0.6) is 5.75 Å². The van der Waals surface area contributed by atoms with E-state index in [4.69, 9.17) is 4.74 Å². The molecular formula is C20H17FN4O2S. The number of aromatic nitrogens is 4. The monoisotopic (exact) mass is 396 g/mol. The minimum atomic E-state index is -0.565. The van der Waals surface area contributed by atoms with E-state index >= 15 is 0 Å². The Balaban J connectivity index is 1.59. The van der Waals surface area contributed by atoms with Crippen molar-refractivity contribution in [3.05, 3.63) is 53.8 Å². The molecule has 2 aromatic carbocycles. The van der Waals surface area contributed by atoms with Gasteiger partial charge in [-0.2, -0.15) is 0 Å². The first kappa shape index (κ1) is 18.4. The lowest BCUT2D eigenvalue weighted by molar-refractivity contribution is 0.102. The summed E-state index contributed by atoms with van der Waals surface area (Å²) in [5, 5.41) is 9.89. The van der Waals surface area contributed by atoms with Gasteiger partial charge in [0.1, 0.15) is 5.52 Å². The molecule has 0 N–H and O–H groups in total. The molecule has 4 rings (SSSR count). The van der Waals surface area contributed by atoms with Gasteiger partial charge in [-0.3, -0.25) is 4.79 Å². The first-order valence-corrected chi connectivity index (χ1v) is 9.72. The number of aryl methyl sites for hydroxylation is 1. The summed E-state index contributed by atoms with van der Waals surface area (Å²) in [6.45, 7) is 2.79. The van der Waals surface area contributed by atoms with Crippen LogP contribution < -0.4 is 4.74 Å². The van der Waals surface area contributed by atoms with Crippen LogP contribution in [0.25, 0.3) is 22.1 Å². The number of nitrogens with zero attached hydrogens (tertiary/aromatic N) is 4. The maximum atomic E-state index is 13.8. The number of Topliss-reactive ketones (excluding diaryl/α,β-unsaturated/α-hetero) is 1. The third-order valence-corrected chi connectivity index (χ3v) is 5.31. The second kappa shape index (κ2) is 7.55. The fourth-order valence-corrected chi connectivity index (χ4v) is 3.80. The molecule has 0 aliphatic heterocycles. The first-order chi connectivity index (χ1) is 13.6. The Bertz CT molecular complexity index is 1190. The number of benzene rings is 2. The summed E-state index contributed by atoms with van der Waals surface area (Å²) in [5.74, 6) is -0.586. The molecule has 2 heterocycles. The number of methoxy groups -OCH3 is 1. The molecule has 0 radical (unpaired) electrons. The van der Waals surface area contributed by atoms with E-state index < -0.39 is 5.82 Å². The zero-order valence-corrected chi connectivity index (χ0v) is 16.2. The second-order valence-electron chi connectivity index (χ2n) is 6.09. The van der Waals surface area contributed by atoms with Crippen molar-refractivity contribution in [2.45, 2.75) is 18.6 Å². The highest BCUT2D eigenvalue weighted by atomic mass is 32.2. The highest BCUT2D eigenvalue weighted by Gasteiger charge is 2.15. The SMILES string of the molecule is CCn1c2ccccc2c2nnc(SCC(=O)c3ccc(OC)c(F)c3)nc21. The van der Waals surface area contributed by atoms with Crippen molar-refractivity contribution in [1.29, 1.82) is 0 Å². The molecule has 2 aromatic heterocycles. The number of halogens is 1. The molecule has 142 valence electrons. The number of para-hydroxylation sites is 1. The van der Waals surface area contributed by atoms with Crippen LogP contribution in [0.2, 0.25) is 0 Å². The zero-order valence-electron chi connectivity index (χ0n) is 15.3. The summed E-state index contributed by atoms with van der Waals surface area (Å²) in [5.41, 5.74) is 2.81. The Hall–Kier alpha value is -3.00. The lowest BCUT2D eigenvalue weighted by Gasteiger charge is -2.05. The van der Waals surface area contributed by atoms with Gasteiger partial charge in [-0.25, -0.2) is 9.37 Å². The van der Waals surface area contributed by atoms with Gasteiger partial charge in [0.05, 0.1) is 18.4 Å². The molecule has 0 spiro atoms. The van der Waals surface area contributed by atoms with Crippen molar-refractivity contribution >= 4 is 39.6 Å². The minimum absolute atomic E-state index is 0.0886. The Morgan fingerprint density at radius 1 is 1.21 bits per heavy atom. The lowest BCUT2D eigenvalue weighted by Crippen LogP contribution is -2.05. The summed E-state index contributed by atoms with van der Waals surface area (Å²) in [7, 11) is 1.38. The number of carbonyl (C=O) groups is 1. The Morgan fingerprint density at radius 2 is 2.04 bits per heavy atom. The van der Waals surface area contributed by atoms with Crippen LogP contribution in [-0.4, -0.2) is 38.4 Å². The van der Waals surface area contributed by atoms with E-state index in [2.05, 4.69) is 19.7 Å². The van der Waals surface area contributed by atoms with Crippen LogP contribution in [0.15, 0.2) is 47.6 Å². The summed E-state index contributed by atoms with van der Waals surface area (Å²) in [6, 6.07) is 12.1. The third-order valence-electron chi connectivity index (χ3n) is 4.48. The molecule has 0 bridgehead atoms. The number of thioether (sulfide) groups is 1. The van der Waals surface area contributed by atoms with Crippen molar-refractivity contribution in [2.24, 2.45) is 0 Å². The molecule has 0 aliphatic carbocycles. The number of hydrogen-bond acceptors (Lipinski definition) is 6. The topological polar surface area (TPSA) is 69.9 Å². The fourth-order valence-electron chi connectivity index (χ4n) is 3.12. The van der Waals surface area contributed by atoms with E-state index in [9.17, 15) is 9.18 Å². The molecule has 4 aromatic rings. The van der Waals surface area contributed by atoms with Crippen LogP contribution in [0.3, 0.4) is 0 Å². The minimum Gasteiger partial charge on any atom is -0.494 e. The van der Waals surface area contributed by atoms with Crippen LogP contribution in [0.1, 0.15) is 17.3 Å². The van der Waals surface area contributed by atoms with Crippen LogP contribution in [0, 0.1) is 5.82 Å². The van der Waals surface area contributed by atoms with E-state index in [1.54, 1.807) is 6.07 Å². The van der Waals surface area contributed by atoms with Gasteiger partial charge >= 0.3 is 0 Å². The van der Waals surface area contributed by atoms with Crippen molar-refractivity contribution in [3.63, 3.8) is 0 Å². The summed E-state index contributed by atoms with van der Waals surface area (Å²) in [6.07, 6.45) is 0. The van der Waals surface area contributed by atoms with E-state index in [1.807, 2.05) is 31.2 Å². The predicted octanol–water partition coefficient (Wildman–Crippen LogP) is 4.12. The van der Waals surface area contributed by atoms with Gasteiger partial charge in [0, 0.05) is 17.5 Å². The maximum absolute atomic E-state index is 13.8. The average Bonchev–Trinajstić information content (AvgIpc) is 3.04. The van der Waals surface area contributed by atoms with Gasteiger partial charge < -0.3 is 9.30 Å². The molecule has 8 heteroatoms. The summed E-state index contributed by atoms with van der Waals surface area (Å²) >= 11 is 1.18. The van der Waals surface area contributed by atoms with Gasteiger partial charge in [-0.15, -0.1) is 10.2 Å². The molecule has 0 fully saturated rings. The van der Waals surface area contributed by atoms with Gasteiger partial charge in [-0.05, 0) is 31.2 Å². The first-order valence-electron chi connectivity index (χ1n) is 8.73. The number of ketones is 1. The molecular weight excluding hydrogens is 379 g/mol. The van der Waals surface area contributed by atoms with Gasteiger partial charge in [0.15, 0.2) is 23.0 Å². The molecule has 6 nitrogen and oxygen atoms in total. The number of rotatable bonds is 6. The van der Waals surface area contributed by atoms with Crippen LogP contribution >= 0.6 is 11.8 Å². The summed E-state index contributed by atoms with van der Waals surface area (Å²) < 4.78 is 20.8. The van der Waals surface area contributed by atoms with Crippen molar-refractivity contribution in [1.82, 2.24) is 19.7 Å². The lowest BCUT2D eigenvalue weighted by atomic mass is 10.1. The Labute approximate surface area is 164 Å². The largest absolute Gasteiger partial charge is 0.494 e. The number of hydrogen-bond donors (Lipinski definition) is 0. The van der Waals surface area contributed by atoms with Crippen molar-refractivity contribution < 1.29 is 13.9 Å². The molecule has 0 unspecified atom stereocenters. The predicted molar refractivity (Wildman–Crippen MR) is 107 cm³/mol. The van der Waals surface area contributed by atoms with E-state index in [0.29, 0.717) is 5.16 Å². The Kier molecular flexibility index (Phi) is 4.95. The van der Waals surface area contributed by atoms with Crippen LogP contribution in [0.4, 0.5) is 4.39 Å². The Morgan fingerprint density at radius 3 is 2.79 bits per heavy atom. The van der Waals surface area contributed by atoms with E-state index in [-0.39, 0.29) is 22.8 Å². The van der Waals surface area contributed by atoms with Crippen LogP contribution in [-0.2, 0) is 6.54 Å². The average molecular weight is 396 g/mol. The fraction of sp³-hybridized carbons (Fsp3) is 0.200. The van der Waals surface area contributed by atoms with E-state index in [0.717, 1.165) is 28.6 Å². The van der Waals surface area contributed by atoms with Crippen molar-refractivity contribution in [3.8, 4) is 5.75 Å². The molecule has 0 amide bonds. The number of carbonyl (C=O) groups excluding carboxylic acids is 1. The number of ether oxygens (including phenoxy) is 1.